The molecule has 16 heavy (non-hydrogen) atoms. The molecule has 1 rings (SSSR count). The zero-order valence-corrected chi connectivity index (χ0v) is 9.77. The van der Waals surface area contributed by atoms with Gasteiger partial charge in [-0.25, -0.2) is 12.8 Å². The molecule has 88 valence electrons. The molecule has 0 aliphatic rings. The third kappa shape index (κ3) is 3.30. The molecule has 0 saturated carbocycles. The molecule has 0 aliphatic carbocycles. The number of sulfonamides is 1. The molecule has 1 aromatic carbocycles. The summed E-state index contributed by atoms with van der Waals surface area (Å²) in [6.07, 6.45) is 0.986. The number of hydrogen-bond donors (Lipinski definition) is 1. The van der Waals surface area contributed by atoms with Crippen molar-refractivity contribution in [3.63, 3.8) is 0 Å². The van der Waals surface area contributed by atoms with E-state index in [0.717, 1.165) is 6.26 Å². The normalized spacial score (nSPS) is 11.2. The highest BCUT2D eigenvalue weighted by atomic mass is 32.2. The minimum atomic E-state index is -3.45. The largest absolute Gasteiger partial charge is 0.294 e. The van der Waals surface area contributed by atoms with E-state index < -0.39 is 16.7 Å². The topological polar surface area (TPSA) is 63.2 Å². The summed E-state index contributed by atoms with van der Waals surface area (Å²) >= 11 is 0. The van der Waals surface area contributed by atoms with Gasteiger partial charge in [0, 0.05) is 5.56 Å². The van der Waals surface area contributed by atoms with Crippen molar-refractivity contribution in [1.29, 1.82) is 0 Å². The van der Waals surface area contributed by atoms with Crippen LogP contribution in [-0.4, -0.2) is 20.5 Å². The van der Waals surface area contributed by atoms with Crippen LogP contribution in [0, 0.1) is 0 Å². The summed E-state index contributed by atoms with van der Waals surface area (Å²) in [7, 11) is -3.45. The molecular weight excluding hydrogens is 233 g/mol. The standard InChI is InChI=1S/C10H12FNO3S/c1-7(13)9-5-8(6-11)3-4-10(9)12-16(2,14)15/h3-5,12H,6H2,1-2H3. The van der Waals surface area contributed by atoms with E-state index in [4.69, 9.17) is 0 Å². The van der Waals surface area contributed by atoms with Crippen LogP contribution in [0.1, 0.15) is 22.8 Å². The monoisotopic (exact) mass is 245 g/mol. The van der Waals surface area contributed by atoms with Crippen LogP contribution >= 0.6 is 0 Å². The quantitative estimate of drug-likeness (QED) is 0.822. The summed E-state index contributed by atoms with van der Waals surface area (Å²) in [5.41, 5.74) is 0.678. The Morgan fingerprint density at radius 2 is 2.06 bits per heavy atom. The molecule has 1 N–H and O–H groups in total. The van der Waals surface area contributed by atoms with Gasteiger partial charge in [-0.1, -0.05) is 6.07 Å². The van der Waals surface area contributed by atoms with Crippen molar-refractivity contribution in [2.45, 2.75) is 13.6 Å². The van der Waals surface area contributed by atoms with E-state index in [1.807, 2.05) is 0 Å². The van der Waals surface area contributed by atoms with E-state index in [2.05, 4.69) is 4.72 Å². The number of alkyl halides is 1. The van der Waals surface area contributed by atoms with Crippen LogP contribution < -0.4 is 4.72 Å². The number of benzene rings is 1. The Hall–Kier alpha value is -1.43. The Bertz CT molecular complexity index is 511. The molecule has 0 aliphatic heterocycles. The van der Waals surface area contributed by atoms with E-state index in [0.29, 0.717) is 5.56 Å². The van der Waals surface area contributed by atoms with Crippen molar-refractivity contribution >= 4 is 21.5 Å². The van der Waals surface area contributed by atoms with Crippen molar-refractivity contribution in [3.8, 4) is 0 Å². The predicted molar refractivity (Wildman–Crippen MR) is 59.7 cm³/mol. The zero-order valence-electron chi connectivity index (χ0n) is 8.95. The maximum atomic E-state index is 12.4. The van der Waals surface area contributed by atoms with Crippen LogP contribution in [-0.2, 0) is 16.7 Å². The Morgan fingerprint density at radius 1 is 1.44 bits per heavy atom. The third-order valence-electron chi connectivity index (χ3n) is 1.91. The minimum absolute atomic E-state index is 0.167. The van der Waals surface area contributed by atoms with E-state index in [1.54, 1.807) is 0 Å². The lowest BCUT2D eigenvalue weighted by atomic mass is 10.1. The second-order valence-corrected chi connectivity index (χ2v) is 5.19. The molecule has 0 amide bonds. The highest BCUT2D eigenvalue weighted by Gasteiger charge is 2.11. The van der Waals surface area contributed by atoms with Crippen LogP contribution in [0.5, 0.6) is 0 Å². The molecule has 0 aromatic heterocycles. The Balaban J connectivity index is 3.23. The van der Waals surface area contributed by atoms with Crippen molar-refractivity contribution in [1.82, 2.24) is 0 Å². The van der Waals surface area contributed by atoms with Crippen molar-refractivity contribution in [2.24, 2.45) is 0 Å². The smallest absolute Gasteiger partial charge is 0.229 e. The van der Waals surface area contributed by atoms with Crippen LogP contribution in [0.2, 0.25) is 0 Å². The summed E-state index contributed by atoms with van der Waals surface area (Å²) in [6.45, 7) is 0.601. The molecular formula is C10H12FNO3S. The first-order valence-corrected chi connectivity index (χ1v) is 6.40. The first-order valence-electron chi connectivity index (χ1n) is 4.51. The Morgan fingerprint density at radius 3 is 2.50 bits per heavy atom. The second kappa shape index (κ2) is 4.61. The molecule has 0 fully saturated rings. The van der Waals surface area contributed by atoms with Gasteiger partial charge < -0.3 is 0 Å². The first-order chi connectivity index (χ1) is 7.33. The lowest BCUT2D eigenvalue weighted by Gasteiger charge is -2.09. The lowest BCUT2D eigenvalue weighted by molar-refractivity contribution is 0.101. The highest BCUT2D eigenvalue weighted by Crippen LogP contribution is 2.19. The summed E-state index contributed by atoms with van der Waals surface area (Å²) in [4.78, 5) is 11.3. The fourth-order valence-corrected chi connectivity index (χ4v) is 1.83. The SMILES string of the molecule is CC(=O)c1cc(CF)ccc1NS(C)(=O)=O. The van der Waals surface area contributed by atoms with Crippen LogP contribution in [0.4, 0.5) is 10.1 Å². The average Bonchev–Trinajstić information content (AvgIpc) is 2.15. The van der Waals surface area contributed by atoms with Gasteiger partial charge in [0.05, 0.1) is 11.9 Å². The van der Waals surface area contributed by atoms with Gasteiger partial charge in [0.25, 0.3) is 0 Å². The van der Waals surface area contributed by atoms with E-state index in [-0.39, 0.29) is 17.0 Å². The van der Waals surface area contributed by atoms with E-state index in [9.17, 15) is 17.6 Å². The molecule has 0 spiro atoms. The maximum Gasteiger partial charge on any atom is 0.229 e. The highest BCUT2D eigenvalue weighted by molar-refractivity contribution is 7.92. The van der Waals surface area contributed by atoms with Gasteiger partial charge in [-0.15, -0.1) is 0 Å². The number of rotatable bonds is 4. The van der Waals surface area contributed by atoms with Gasteiger partial charge in [-0.3, -0.25) is 9.52 Å². The Labute approximate surface area is 93.5 Å². The number of nitrogens with one attached hydrogen (secondary N) is 1. The summed E-state index contributed by atoms with van der Waals surface area (Å²) in [6, 6.07) is 4.16. The lowest BCUT2D eigenvalue weighted by Crippen LogP contribution is -2.12. The van der Waals surface area contributed by atoms with Gasteiger partial charge in [-0.05, 0) is 24.6 Å². The molecule has 0 atom stereocenters. The number of ketones is 1. The fourth-order valence-electron chi connectivity index (χ4n) is 1.25. The van der Waals surface area contributed by atoms with Crippen LogP contribution in [0.3, 0.4) is 0 Å². The summed E-state index contributed by atoms with van der Waals surface area (Å²) in [5.74, 6) is -0.318. The van der Waals surface area contributed by atoms with Gasteiger partial charge in [0.2, 0.25) is 10.0 Å². The van der Waals surface area contributed by atoms with Gasteiger partial charge in [0.15, 0.2) is 5.78 Å². The summed E-state index contributed by atoms with van der Waals surface area (Å²) in [5, 5.41) is 0. The zero-order chi connectivity index (χ0) is 12.3. The first kappa shape index (κ1) is 12.6. The molecule has 4 nitrogen and oxygen atoms in total. The predicted octanol–water partition coefficient (Wildman–Crippen LogP) is 1.73. The number of carbonyl (C=O) groups excluding carboxylic acids is 1. The Kier molecular flexibility index (Phi) is 3.64. The molecule has 0 radical (unpaired) electrons. The van der Waals surface area contributed by atoms with Crippen LogP contribution in [0.15, 0.2) is 18.2 Å². The second-order valence-electron chi connectivity index (χ2n) is 3.44. The number of anilines is 1. The van der Waals surface area contributed by atoms with E-state index >= 15 is 0 Å². The van der Waals surface area contributed by atoms with Crippen molar-refractivity contribution in [3.05, 3.63) is 29.3 Å². The number of carbonyl (C=O) groups is 1. The maximum absolute atomic E-state index is 12.4. The molecule has 1 aromatic rings. The average molecular weight is 245 g/mol. The molecule has 0 saturated heterocycles. The molecule has 0 heterocycles. The van der Waals surface area contributed by atoms with Crippen molar-refractivity contribution < 1.29 is 17.6 Å². The number of hydrogen-bond acceptors (Lipinski definition) is 3. The molecule has 0 unspecified atom stereocenters. The summed E-state index contributed by atoms with van der Waals surface area (Å²) < 4.78 is 36.7. The molecule has 6 heteroatoms. The van der Waals surface area contributed by atoms with E-state index in [1.165, 1.54) is 25.1 Å². The third-order valence-corrected chi connectivity index (χ3v) is 2.50. The van der Waals surface area contributed by atoms with Crippen LogP contribution in [0.25, 0.3) is 0 Å². The molecule has 0 bridgehead atoms. The minimum Gasteiger partial charge on any atom is -0.294 e. The van der Waals surface area contributed by atoms with Gasteiger partial charge in [-0.2, -0.15) is 0 Å². The van der Waals surface area contributed by atoms with Crippen molar-refractivity contribution in [2.75, 3.05) is 11.0 Å². The fraction of sp³-hybridized carbons (Fsp3) is 0.300. The van der Waals surface area contributed by atoms with Gasteiger partial charge in [0.1, 0.15) is 6.67 Å². The number of halogens is 1. The van der Waals surface area contributed by atoms with Gasteiger partial charge >= 0.3 is 0 Å². The number of Topliss-reactive ketones (excluding diaryl/α,β-unsaturated/α-hetero) is 1.